The predicted octanol–water partition coefficient (Wildman–Crippen LogP) is 3.76. The Balaban J connectivity index is 1.88. The van der Waals surface area contributed by atoms with Crippen LogP contribution in [0, 0.1) is 0 Å². The molecule has 0 saturated heterocycles. The summed E-state index contributed by atoms with van der Waals surface area (Å²) in [6.07, 6.45) is -0.271. The maximum atomic E-state index is 13.5. The first-order valence-electron chi connectivity index (χ1n) is 9.56. The zero-order chi connectivity index (χ0) is 21.0. The number of aromatic nitrogens is 5. The van der Waals surface area contributed by atoms with E-state index in [1.807, 2.05) is 0 Å². The van der Waals surface area contributed by atoms with Gasteiger partial charge in [0.2, 0.25) is 0 Å². The number of carbonyl (C=O) groups is 1. The highest BCUT2D eigenvalue weighted by atomic mass is 19.4. The second-order valence-corrected chi connectivity index (χ2v) is 7.30. The van der Waals surface area contributed by atoms with Crippen LogP contribution in [-0.2, 0) is 19.0 Å². The molecule has 1 aliphatic rings. The molecular weight excluding hydrogens is 397 g/mol. The van der Waals surface area contributed by atoms with Crippen molar-refractivity contribution in [2.24, 2.45) is 0 Å². The van der Waals surface area contributed by atoms with Crippen LogP contribution in [0.5, 0.6) is 0 Å². The molecule has 0 aliphatic heterocycles. The molecule has 4 aromatic rings. The Hall–Kier alpha value is -3.43. The van der Waals surface area contributed by atoms with Gasteiger partial charge in [-0.2, -0.15) is 23.4 Å². The van der Waals surface area contributed by atoms with E-state index < -0.39 is 11.9 Å². The van der Waals surface area contributed by atoms with Gasteiger partial charge in [-0.15, -0.1) is 0 Å². The zero-order valence-corrected chi connectivity index (χ0v) is 15.9. The Morgan fingerprint density at radius 2 is 1.87 bits per heavy atom. The van der Waals surface area contributed by atoms with Crippen molar-refractivity contribution in [2.75, 3.05) is 7.05 Å². The summed E-state index contributed by atoms with van der Waals surface area (Å²) >= 11 is 0. The van der Waals surface area contributed by atoms with Crippen LogP contribution >= 0.6 is 0 Å². The number of alkyl halides is 3. The molecule has 1 aliphatic carbocycles. The van der Waals surface area contributed by atoms with Gasteiger partial charge in [-0.25, -0.2) is 4.98 Å². The van der Waals surface area contributed by atoms with Crippen molar-refractivity contribution in [3.8, 4) is 11.3 Å². The van der Waals surface area contributed by atoms with Crippen molar-refractivity contribution in [3.05, 3.63) is 40.8 Å². The zero-order valence-electron chi connectivity index (χ0n) is 15.9. The summed E-state index contributed by atoms with van der Waals surface area (Å²) in [5.41, 5.74) is 2.42. The van der Waals surface area contributed by atoms with E-state index in [0.29, 0.717) is 35.0 Å². The number of carbonyl (C=O) groups excluding carboxylic acids is 1. The molecule has 0 unspecified atom stereocenters. The molecule has 3 heterocycles. The molecule has 0 saturated carbocycles. The molecule has 3 aromatic heterocycles. The van der Waals surface area contributed by atoms with E-state index in [1.54, 1.807) is 12.1 Å². The van der Waals surface area contributed by atoms with Crippen LogP contribution in [0.4, 0.5) is 13.2 Å². The van der Waals surface area contributed by atoms with E-state index in [1.165, 1.54) is 13.2 Å². The first kappa shape index (κ1) is 18.6. The summed E-state index contributed by atoms with van der Waals surface area (Å²) in [5.74, 6) is -0.337. The van der Waals surface area contributed by atoms with Crippen molar-refractivity contribution < 1.29 is 18.0 Å². The molecule has 3 N–H and O–H groups in total. The highest BCUT2D eigenvalue weighted by Gasteiger charge is 2.38. The lowest BCUT2D eigenvalue weighted by atomic mass is 9.85. The van der Waals surface area contributed by atoms with Gasteiger partial charge in [0, 0.05) is 24.0 Å². The first-order valence-corrected chi connectivity index (χ1v) is 9.56. The molecule has 10 heteroatoms. The number of pyridine rings is 1. The largest absolute Gasteiger partial charge is 0.435 e. The minimum atomic E-state index is -4.59. The quantitative estimate of drug-likeness (QED) is 0.465. The van der Waals surface area contributed by atoms with Gasteiger partial charge in [-0.05, 0) is 48.9 Å². The molecule has 0 spiro atoms. The van der Waals surface area contributed by atoms with Crippen LogP contribution in [0.3, 0.4) is 0 Å². The molecule has 7 nitrogen and oxygen atoms in total. The SMILES string of the molecule is CNC(=O)c1n[nH]c2ccc3nc(-c4c[nH]nc4C(F)(F)F)c4c(c3c12)CCCC4. The van der Waals surface area contributed by atoms with Gasteiger partial charge in [0.1, 0.15) is 0 Å². The third-order valence-electron chi connectivity index (χ3n) is 5.60. The summed E-state index contributed by atoms with van der Waals surface area (Å²) in [4.78, 5) is 17.0. The second kappa shape index (κ2) is 6.54. The average Bonchev–Trinajstić information content (AvgIpc) is 3.39. The number of hydrogen-bond acceptors (Lipinski definition) is 4. The molecule has 0 fully saturated rings. The molecule has 1 amide bonds. The number of nitrogens with one attached hydrogen (secondary N) is 3. The molecular formula is C20H17F3N6O. The fourth-order valence-corrected chi connectivity index (χ4v) is 4.32. The van der Waals surface area contributed by atoms with E-state index in [4.69, 9.17) is 0 Å². The van der Waals surface area contributed by atoms with E-state index in [2.05, 4.69) is 30.7 Å². The van der Waals surface area contributed by atoms with Crippen molar-refractivity contribution >= 4 is 27.7 Å². The van der Waals surface area contributed by atoms with Crippen molar-refractivity contribution in [1.82, 2.24) is 30.7 Å². The number of halogens is 3. The summed E-state index contributed by atoms with van der Waals surface area (Å²) in [7, 11) is 1.53. The fraction of sp³-hybridized carbons (Fsp3) is 0.300. The van der Waals surface area contributed by atoms with Crippen molar-refractivity contribution in [1.29, 1.82) is 0 Å². The lowest BCUT2D eigenvalue weighted by Crippen LogP contribution is -2.18. The molecule has 0 atom stereocenters. The van der Waals surface area contributed by atoms with Crippen molar-refractivity contribution in [3.63, 3.8) is 0 Å². The standard InChI is InChI=1S/C20H17F3N6O/c1-24-19(30)17-15-13(27-28-17)7-6-12-14(15)9-4-2-3-5-10(9)16(26-12)11-8-25-29-18(11)20(21,22)23/h6-8H,2-5H2,1H3,(H,24,30)(H,25,29)(H,27,28). The van der Waals surface area contributed by atoms with E-state index in [-0.39, 0.29) is 17.2 Å². The number of aromatic amines is 2. The molecule has 30 heavy (non-hydrogen) atoms. The predicted molar refractivity (Wildman–Crippen MR) is 104 cm³/mol. The average molecular weight is 414 g/mol. The summed E-state index contributed by atoms with van der Waals surface area (Å²) in [5, 5.41) is 16.8. The summed E-state index contributed by atoms with van der Waals surface area (Å²) in [6, 6.07) is 3.48. The number of amides is 1. The second-order valence-electron chi connectivity index (χ2n) is 7.30. The normalized spacial score (nSPS) is 14.3. The Labute approximate surface area is 168 Å². The van der Waals surface area contributed by atoms with Gasteiger partial charge in [0.25, 0.3) is 5.91 Å². The van der Waals surface area contributed by atoms with Gasteiger partial charge in [0.05, 0.1) is 22.3 Å². The Bertz CT molecular complexity index is 1300. The highest BCUT2D eigenvalue weighted by Crippen LogP contribution is 2.41. The lowest BCUT2D eigenvalue weighted by Gasteiger charge is -2.22. The lowest BCUT2D eigenvalue weighted by molar-refractivity contribution is -0.140. The molecule has 1 aromatic carbocycles. The maximum absolute atomic E-state index is 13.5. The summed E-state index contributed by atoms with van der Waals surface area (Å²) < 4.78 is 40.5. The topological polar surface area (TPSA) is 99.4 Å². The Kier molecular flexibility index (Phi) is 4.05. The van der Waals surface area contributed by atoms with Gasteiger partial charge in [-0.3, -0.25) is 15.0 Å². The number of hydrogen-bond donors (Lipinski definition) is 3. The number of aryl methyl sites for hydroxylation is 1. The number of benzene rings is 1. The van der Waals surface area contributed by atoms with Crippen LogP contribution in [0.2, 0.25) is 0 Å². The number of nitrogens with zero attached hydrogens (tertiary/aromatic N) is 3. The van der Waals surface area contributed by atoms with Gasteiger partial charge < -0.3 is 5.32 Å². The number of rotatable bonds is 2. The Morgan fingerprint density at radius 1 is 1.10 bits per heavy atom. The Morgan fingerprint density at radius 3 is 2.60 bits per heavy atom. The van der Waals surface area contributed by atoms with Crippen molar-refractivity contribution in [2.45, 2.75) is 31.9 Å². The van der Waals surface area contributed by atoms with E-state index >= 15 is 0 Å². The van der Waals surface area contributed by atoms with Gasteiger partial charge in [0.15, 0.2) is 11.4 Å². The summed E-state index contributed by atoms with van der Waals surface area (Å²) in [6.45, 7) is 0. The monoisotopic (exact) mass is 414 g/mol. The molecule has 5 rings (SSSR count). The minimum Gasteiger partial charge on any atom is -0.354 e. The first-order chi connectivity index (χ1) is 14.4. The third-order valence-corrected chi connectivity index (χ3v) is 5.60. The minimum absolute atomic E-state index is 0.0543. The fourth-order valence-electron chi connectivity index (χ4n) is 4.32. The van der Waals surface area contributed by atoms with Crippen LogP contribution < -0.4 is 5.32 Å². The maximum Gasteiger partial charge on any atom is 0.435 e. The highest BCUT2D eigenvalue weighted by molar-refractivity contribution is 6.16. The molecule has 0 bridgehead atoms. The van der Waals surface area contributed by atoms with Gasteiger partial charge in [-0.1, -0.05) is 0 Å². The van der Waals surface area contributed by atoms with E-state index in [9.17, 15) is 18.0 Å². The van der Waals surface area contributed by atoms with Crippen LogP contribution in [0.15, 0.2) is 18.3 Å². The molecule has 0 radical (unpaired) electrons. The number of H-pyrrole nitrogens is 2. The van der Waals surface area contributed by atoms with Crippen LogP contribution in [-0.4, -0.2) is 38.3 Å². The van der Waals surface area contributed by atoms with Gasteiger partial charge >= 0.3 is 6.18 Å². The van der Waals surface area contributed by atoms with E-state index in [0.717, 1.165) is 29.4 Å². The van der Waals surface area contributed by atoms with Crippen LogP contribution in [0.25, 0.3) is 33.1 Å². The number of fused-ring (bicyclic) bond motifs is 5. The van der Waals surface area contributed by atoms with Crippen LogP contribution in [0.1, 0.15) is 40.2 Å². The molecule has 154 valence electrons. The smallest absolute Gasteiger partial charge is 0.354 e. The third kappa shape index (κ3) is 2.66.